The van der Waals surface area contributed by atoms with Gasteiger partial charge in [0.15, 0.2) is 0 Å². The highest BCUT2D eigenvalue weighted by Gasteiger charge is 2.15. The third-order valence-corrected chi connectivity index (χ3v) is 2.58. The summed E-state index contributed by atoms with van der Waals surface area (Å²) in [6.45, 7) is 4.01. The molecule has 0 bridgehead atoms. The van der Waals surface area contributed by atoms with E-state index in [1.807, 2.05) is 13.8 Å². The van der Waals surface area contributed by atoms with Crippen LogP contribution >= 0.6 is 11.6 Å². The summed E-state index contributed by atoms with van der Waals surface area (Å²) in [7, 11) is 0. The van der Waals surface area contributed by atoms with Gasteiger partial charge in [0.2, 0.25) is 5.91 Å². The van der Waals surface area contributed by atoms with Gasteiger partial charge in [0.05, 0.1) is 11.1 Å². The van der Waals surface area contributed by atoms with Crippen LogP contribution in [0.2, 0.25) is 5.02 Å². The van der Waals surface area contributed by atoms with Crippen molar-refractivity contribution in [2.24, 2.45) is 11.7 Å². The Hall–Kier alpha value is -1.26. The van der Waals surface area contributed by atoms with Crippen molar-refractivity contribution >= 4 is 23.2 Å². The highest BCUT2D eigenvalue weighted by Crippen LogP contribution is 2.26. The van der Waals surface area contributed by atoms with E-state index in [2.05, 4.69) is 5.32 Å². The molecule has 1 amide bonds. The molecule has 0 aromatic heterocycles. The first-order chi connectivity index (χ1) is 7.90. The topological polar surface area (TPSA) is 75.4 Å². The van der Waals surface area contributed by atoms with Gasteiger partial charge in [-0.15, -0.1) is 0 Å². The molecule has 0 unspecified atom stereocenters. The van der Waals surface area contributed by atoms with E-state index in [1.165, 1.54) is 12.1 Å². The van der Waals surface area contributed by atoms with E-state index in [9.17, 15) is 9.90 Å². The maximum Gasteiger partial charge on any atom is 0.241 e. The third kappa shape index (κ3) is 4.24. The number of anilines is 1. The van der Waals surface area contributed by atoms with Gasteiger partial charge in [-0.3, -0.25) is 4.79 Å². The molecular weight excluding hydrogens is 240 g/mol. The lowest BCUT2D eigenvalue weighted by atomic mass is 10.0. The molecule has 0 heterocycles. The van der Waals surface area contributed by atoms with Crippen LogP contribution in [0, 0.1) is 5.92 Å². The van der Waals surface area contributed by atoms with Gasteiger partial charge in [-0.25, -0.2) is 0 Å². The molecule has 0 fully saturated rings. The zero-order chi connectivity index (χ0) is 13.0. The van der Waals surface area contributed by atoms with Crippen molar-refractivity contribution in [1.29, 1.82) is 0 Å². The Morgan fingerprint density at radius 3 is 2.71 bits per heavy atom. The molecule has 0 spiro atoms. The number of hydrogen-bond donors (Lipinski definition) is 3. The average molecular weight is 257 g/mol. The number of phenols is 1. The zero-order valence-electron chi connectivity index (χ0n) is 9.90. The van der Waals surface area contributed by atoms with Crippen LogP contribution in [0.1, 0.15) is 20.3 Å². The normalized spacial score (nSPS) is 12.5. The van der Waals surface area contributed by atoms with Gasteiger partial charge < -0.3 is 16.2 Å². The van der Waals surface area contributed by atoms with Crippen molar-refractivity contribution in [2.75, 3.05) is 5.32 Å². The highest BCUT2D eigenvalue weighted by molar-refractivity contribution is 6.32. The van der Waals surface area contributed by atoms with Gasteiger partial charge in [-0.2, -0.15) is 0 Å². The number of nitrogens with two attached hydrogens (primary N) is 1. The van der Waals surface area contributed by atoms with E-state index >= 15 is 0 Å². The van der Waals surface area contributed by atoms with Crippen molar-refractivity contribution in [1.82, 2.24) is 0 Å². The van der Waals surface area contributed by atoms with Gasteiger partial charge in [-0.1, -0.05) is 25.4 Å². The summed E-state index contributed by atoms with van der Waals surface area (Å²) in [6, 6.07) is 3.94. The first kappa shape index (κ1) is 13.8. The second-order valence-electron chi connectivity index (χ2n) is 4.39. The molecule has 1 aromatic carbocycles. The summed E-state index contributed by atoms with van der Waals surface area (Å²) in [6.07, 6.45) is 0.623. The Kier molecular flexibility index (Phi) is 4.78. The molecule has 4 N–H and O–H groups in total. The van der Waals surface area contributed by atoms with Crippen molar-refractivity contribution in [3.8, 4) is 5.75 Å². The third-order valence-electron chi connectivity index (χ3n) is 2.28. The van der Waals surface area contributed by atoms with Crippen molar-refractivity contribution in [3.63, 3.8) is 0 Å². The van der Waals surface area contributed by atoms with Crippen LogP contribution in [-0.2, 0) is 4.79 Å². The van der Waals surface area contributed by atoms with Crippen LogP contribution in [0.3, 0.4) is 0 Å². The lowest BCUT2D eigenvalue weighted by molar-refractivity contribution is -0.117. The highest BCUT2D eigenvalue weighted by atomic mass is 35.5. The molecule has 1 atom stereocenters. The molecule has 1 aromatic rings. The monoisotopic (exact) mass is 256 g/mol. The fraction of sp³-hybridized carbons (Fsp3) is 0.417. The maximum absolute atomic E-state index is 11.7. The number of carbonyl (C=O) groups excluding carboxylic acids is 1. The molecule has 0 saturated carbocycles. The number of hydrogen-bond acceptors (Lipinski definition) is 3. The van der Waals surface area contributed by atoms with Crippen molar-refractivity contribution in [3.05, 3.63) is 23.2 Å². The smallest absolute Gasteiger partial charge is 0.241 e. The first-order valence-electron chi connectivity index (χ1n) is 5.45. The summed E-state index contributed by atoms with van der Waals surface area (Å²) in [5.41, 5.74) is 6.26. The number of halogens is 1. The van der Waals surface area contributed by atoms with E-state index < -0.39 is 6.04 Å². The number of carbonyl (C=O) groups is 1. The van der Waals surface area contributed by atoms with Crippen LogP contribution in [0.4, 0.5) is 5.69 Å². The summed E-state index contributed by atoms with van der Waals surface area (Å²) in [5, 5.41) is 12.1. The summed E-state index contributed by atoms with van der Waals surface area (Å²) < 4.78 is 0. The molecule has 0 aliphatic rings. The van der Waals surface area contributed by atoms with E-state index in [1.54, 1.807) is 6.07 Å². The minimum Gasteiger partial charge on any atom is -0.506 e. The zero-order valence-corrected chi connectivity index (χ0v) is 10.7. The number of rotatable bonds is 4. The molecule has 0 aliphatic carbocycles. The van der Waals surface area contributed by atoms with Crippen LogP contribution in [0.15, 0.2) is 18.2 Å². The quantitative estimate of drug-likeness (QED) is 0.724. The van der Waals surface area contributed by atoms with Gasteiger partial charge in [-0.05, 0) is 30.5 Å². The predicted molar refractivity (Wildman–Crippen MR) is 69.2 cm³/mol. The van der Waals surface area contributed by atoms with Gasteiger partial charge in [0.1, 0.15) is 5.75 Å². The molecule has 0 aliphatic heterocycles. The SMILES string of the molecule is CC(C)C[C@H](N)C(=O)Nc1ccc(O)c(Cl)c1. The fourth-order valence-corrected chi connectivity index (χ4v) is 1.62. The Morgan fingerprint density at radius 1 is 1.53 bits per heavy atom. The molecule has 17 heavy (non-hydrogen) atoms. The number of amides is 1. The predicted octanol–water partition coefficient (Wildman–Crippen LogP) is 2.36. The summed E-state index contributed by atoms with van der Waals surface area (Å²) in [5.74, 6) is 0.0933. The van der Waals surface area contributed by atoms with Gasteiger partial charge in [0.25, 0.3) is 0 Å². The number of benzene rings is 1. The van der Waals surface area contributed by atoms with E-state index in [0.29, 0.717) is 18.0 Å². The summed E-state index contributed by atoms with van der Waals surface area (Å²) >= 11 is 5.73. The Labute approximate surface area is 106 Å². The van der Waals surface area contributed by atoms with Crippen LogP contribution in [0.5, 0.6) is 5.75 Å². The van der Waals surface area contributed by atoms with Crippen molar-refractivity contribution < 1.29 is 9.90 Å². The number of nitrogens with one attached hydrogen (secondary N) is 1. The molecule has 5 heteroatoms. The average Bonchev–Trinajstić information content (AvgIpc) is 2.22. The first-order valence-corrected chi connectivity index (χ1v) is 5.83. The van der Waals surface area contributed by atoms with E-state index in [4.69, 9.17) is 17.3 Å². The van der Waals surface area contributed by atoms with Crippen molar-refractivity contribution in [2.45, 2.75) is 26.3 Å². The molecule has 0 saturated heterocycles. The second kappa shape index (κ2) is 5.89. The van der Waals surface area contributed by atoms with Crippen LogP contribution in [-0.4, -0.2) is 17.1 Å². The maximum atomic E-state index is 11.7. The Bertz CT molecular complexity index is 407. The standard InChI is InChI=1S/C12H17ClN2O2/c1-7(2)5-10(14)12(17)15-8-3-4-11(16)9(13)6-8/h3-4,6-7,10,16H,5,14H2,1-2H3,(H,15,17)/t10-/m0/s1. The molecule has 0 radical (unpaired) electrons. The minimum absolute atomic E-state index is 0.0175. The van der Waals surface area contributed by atoms with Crippen LogP contribution in [0.25, 0.3) is 0 Å². The Balaban J connectivity index is 2.64. The van der Waals surface area contributed by atoms with Crippen LogP contribution < -0.4 is 11.1 Å². The Morgan fingerprint density at radius 2 is 2.18 bits per heavy atom. The number of aromatic hydroxyl groups is 1. The molecule has 4 nitrogen and oxygen atoms in total. The van der Waals surface area contributed by atoms with E-state index in [-0.39, 0.29) is 16.7 Å². The molecule has 1 rings (SSSR count). The second-order valence-corrected chi connectivity index (χ2v) is 4.80. The van der Waals surface area contributed by atoms with Gasteiger partial charge in [0, 0.05) is 5.69 Å². The largest absolute Gasteiger partial charge is 0.506 e. The number of phenolic OH excluding ortho intramolecular Hbond substituents is 1. The summed E-state index contributed by atoms with van der Waals surface area (Å²) in [4.78, 5) is 11.7. The molecule has 94 valence electrons. The molecular formula is C12H17ClN2O2. The van der Waals surface area contributed by atoms with E-state index in [0.717, 1.165) is 0 Å². The fourth-order valence-electron chi connectivity index (χ4n) is 1.43. The lowest BCUT2D eigenvalue weighted by Crippen LogP contribution is -2.36. The lowest BCUT2D eigenvalue weighted by Gasteiger charge is -2.14. The van der Waals surface area contributed by atoms with Gasteiger partial charge >= 0.3 is 0 Å². The minimum atomic E-state index is -0.539.